The number of thiophene rings is 1. The second-order valence-electron chi connectivity index (χ2n) is 19.4. The molecule has 5 aromatic carbocycles. The van der Waals surface area contributed by atoms with Gasteiger partial charge in [0.2, 0.25) is 0 Å². The minimum atomic E-state index is -1.26. The number of aromatic nitrogens is 1. The number of hydrazone groups is 1. The molecule has 0 fully saturated rings. The quantitative estimate of drug-likeness (QED) is 0.0816. The van der Waals surface area contributed by atoms with Gasteiger partial charge in [-0.3, -0.25) is 9.78 Å². The van der Waals surface area contributed by atoms with Gasteiger partial charge in [-0.15, -0.1) is 11.3 Å². The standard InChI is InChI=1S/C62H62N4O3S/c1-5-9-33-61(34-10-6-2)53-21-15-13-19-48(53)50-30-27-44(38-55(50)61)65(45-28-31-51-49-20-14-16-22-54(49)62(35-11-7-3,36-12-8-4)56(51)39-45)43-25-23-42(24-26-43)57-32-29-47(70-57)40-52-58(60(68)69)64-66(59(52)67)46-18-17-37-63-41-46/h13-32,37-41H,5-12,33-36H2,1-4H3,(H,68,69). The number of carbonyl (C=O) groups is 2. The lowest BCUT2D eigenvalue weighted by atomic mass is 9.70. The predicted molar refractivity (Wildman–Crippen MR) is 290 cm³/mol. The van der Waals surface area contributed by atoms with Gasteiger partial charge in [0.1, 0.15) is 0 Å². The van der Waals surface area contributed by atoms with E-state index >= 15 is 0 Å². The number of carboxylic acid groups (broad SMARTS) is 1. The lowest BCUT2D eigenvalue weighted by molar-refractivity contribution is -0.129. The minimum absolute atomic E-state index is 0.0347. The maximum Gasteiger partial charge on any atom is 0.357 e. The van der Waals surface area contributed by atoms with Crippen molar-refractivity contribution in [2.75, 3.05) is 9.91 Å². The maximum atomic E-state index is 13.6. The van der Waals surface area contributed by atoms with Gasteiger partial charge in [0.15, 0.2) is 5.71 Å². The summed E-state index contributed by atoms with van der Waals surface area (Å²) in [4.78, 5) is 34.3. The molecule has 0 spiro atoms. The minimum Gasteiger partial charge on any atom is -0.476 e. The van der Waals surface area contributed by atoms with E-state index in [1.165, 1.54) is 87.7 Å². The Hall–Kier alpha value is -6.90. The average Bonchev–Trinajstić information content (AvgIpc) is 4.14. The van der Waals surface area contributed by atoms with E-state index in [1.807, 2.05) is 12.1 Å². The molecule has 0 atom stereocenters. The largest absolute Gasteiger partial charge is 0.476 e. The van der Waals surface area contributed by atoms with Gasteiger partial charge in [0, 0.05) is 43.8 Å². The normalized spacial score (nSPS) is 15.4. The number of aliphatic carboxylic acids is 1. The highest BCUT2D eigenvalue weighted by molar-refractivity contribution is 7.16. The van der Waals surface area contributed by atoms with Crippen LogP contribution in [0.4, 0.5) is 22.7 Å². The van der Waals surface area contributed by atoms with Gasteiger partial charge in [-0.05, 0) is 142 Å². The highest BCUT2D eigenvalue weighted by Gasteiger charge is 2.44. The van der Waals surface area contributed by atoms with E-state index in [4.69, 9.17) is 0 Å². The number of anilines is 4. The molecule has 0 unspecified atom stereocenters. The van der Waals surface area contributed by atoms with Gasteiger partial charge >= 0.3 is 5.97 Å². The van der Waals surface area contributed by atoms with Crippen LogP contribution in [-0.2, 0) is 20.4 Å². The molecule has 8 heteroatoms. The van der Waals surface area contributed by atoms with Gasteiger partial charge in [-0.2, -0.15) is 10.1 Å². The summed E-state index contributed by atoms with van der Waals surface area (Å²) >= 11 is 1.51. The molecule has 1 aliphatic heterocycles. The fourth-order valence-corrected chi connectivity index (χ4v) is 12.7. The molecule has 70 heavy (non-hydrogen) atoms. The van der Waals surface area contributed by atoms with Crippen molar-refractivity contribution >= 4 is 57.8 Å². The number of pyridine rings is 1. The number of hydrogen-bond acceptors (Lipinski definition) is 6. The summed E-state index contributed by atoms with van der Waals surface area (Å²) in [6.45, 7) is 9.26. The van der Waals surface area contributed by atoms with E-state index in [2.05, 4.69) is 152 Å². The average molecular weight is 943 g/mol. The second kappa shape index (κ2) is 19.8. The van der Waals surface area contributed by atoms with Crippen LogP contribution in [0.1, 0.15) is 132 Å². The molecule has 2 aromatic heterocycles. The summed E-state index contributed by atoms with van der Waals surface area (Å²) < 4.78 is 0. The van der Waals surface area contributed by atoms with Crippen molar-refractivity contribution in [2.45, 2.75) is 116 Å². The Morgan fingerprint density at radius 3 is 1.63 bits per heavy atom. The van der Waals surface area contributed by atoms with Gasteiger partial charge in [0.05, 0.1) is 17.5 Å². The molecule has 10 rings (SSSR count). The van der Waals surface area contributed by atoms with E-state index in [0.29, 0.717) is 5.69 Å². The van der Waals surface area contributed by atoms with E-state index in [9.17, 15) is 14.7 Å². The van der Waals surface area contributed by atoms with Crippen LogP contribution in [0.15, 0.2) is 157 Å². The zero-order valence-corrected chi connectivity index (χ0v) is 41.7. The number of hydrogen-bond donors (Lipinski definition) is 1. The van der Waals surface area contributed by atoms with E-state index in [1.54, 1.807) is 24.4 Å². The Labute approximate surface area is 417 Å². The number of carboxylic acids is 1. The van der Waals surface area contributed by atoms with Crippen molar-refractivity contribution in [1.29, 1.82) is 0 Å². The van der Waals surface area contributed by atoms with Crippen LogP contribution < -0.4 is 9.91 Å². The van der Waals surface area contributed by atoms with Crippen LogP contribution in [0.2, 0.25) is 0 Å². The third kappa shape index (κ3) is 8.20. The van der Waals surface area contributed by atoms with Gasteiger partial charge in [-0.25, -0.2) is 4.79 Å². The summed E-state index contributed by atoms with van der Waals surface area (Å²) in [5.74, 6) is -1.76. The summed E-state index contributed by atoms with van der Waals surface area (Å²) in [6, 6.07) is 49.1. The molecule has 1 amide bonds. The number of fused-ring (bicyclic) bond motifs is 6. The van der Waals surface area contributed by atoms with Gasteiger partial charge < -0.3 is 10.0 Å². The first-order chi connectivity index (χ1) is 34.2. The molecule has 0 saturated heterocycles. The van der Waals surface area contributed by atoms with Crippen molar-refractivity contribution in [1.82, 2.24) is 4.98 Å². The molecular formula is C62H62N4O3S. The van der Waals surface area contributed by atoms with E-state index in [0.717, 1.165) is 88.8 Å². The van der Waals surface area contributed by atoms with Crippen LogP contribution in [-0.4, -0.2) is 27.7 Å². The number of amides is 1. The Kier molecular flexibility index (Phi) is 13.3. The SMILES string of the molecule is CCCCC1(CCCC)c2ccccc2-c2ccc(N(c3ccc(-c4ccc(C=C5C(=O)N(c6cccnc6)N=C5C(=O)O)s4)cc3)c3ccc4c(c3)C(CCCC)(CCCC)c3ccccc3-4)cc21. The summed E-state index contributed by atoms with van der Waals surface area (Å²) in [5.41, 5.74) is 15.8. The van der Waals surface area contributed by atoms with Gasteiger partial charge in [-0.1, -0.05) is 152 Å². The first kappa shape index (κ1) is 46.8. The molecule has 0 bridgehead atoms. The van der Waals surface area contributed by atoms with Crippen LogP contribution in [0.5, 0.6) is 0 Å². The van der Waals surface area contributed by atoms with Crippen LogP contribution in [0, 0.1) is 0 Å². The van der Waals surface area contributed by atoms with Gasteiger partial charge in [0.25, 0.3) is 5.91 Å². The summed E-state index contributed by atoms with van der Waals surface area (Å²) in [7, 11) is 0. The molecule has 7 nitrogen and oxygen atoms in total. The predicted octanol–water partition coefficient (Wildman–Crippen LogP) is 16.4. The Morgan fingerprint density at radius 2 is 1.13 bits per heavy atom. The molecule has 2 aliphatic carbocycles. The first-order valence-electron chi connectivity index (χ1n) is 25.5. The van der Waals surface area contributed by atoms with Crippen molar-refractivity contribution in [3.05, 3.63) is 179 Å². The molecule has 0 radical (unpaired) electrons. The number of rotatable bonds is 19. The van der Waals surface area contributed by atoms with Crippen molar-refractivity contribution in [3.8, 4) is 32.7 Å². The zero-order chi connectivity index (χ0) is 48.4. The highest BCUT2D eigenvalue weighted by atomic mass is 32.1. The lowest BCUT2D eigenvalue weighted by Crippen LogP contribution is -2.26. The molecule has 7 aromatic rings. The topological polar surface area (TPSA) is 86.1 Å². The Balaban J connectivity index is 1.08. The molecule has 1 N–H and O–H groups in total. The molecule has 354 valence electrons. The fraction of sp³-hybridized carbons (Fsp3) is 0.290. The zero-order valence-electron chi connectivity index (χ0n) is 40.9. The van der Waals surface area contributed by atoms with E-state index in [-0.39, 0.29) is 22.1 Å². The number of carbonyl (C=O) groups excluding carboxylic acids is 1. The van der Waals surface area contributed by atoms with Crippen LogP contribution >= 0.6 is 11.3 Å². The summed E-state index contributed by atoms with van der Waals surface area (Å²) in [5, 5.41) is 15.3. The molecule has 3 aliphatic rings. The van der Waals surface area contributed by atoms with Crippen molar-refractivity contribution in [3.63, 3.8) is 0 Å². The summed E-state index contributed by atoms with van der Waals surface area (Å²) in [6.07, 6.45) is 18.5. The number of benzene rings is 5. The highest BCUT2D eigenvalue weighted by Crippen LogP contribution is 2.58. The van der Waals surface area contributed by atoms with E-state index < -0.39 is 11.9 Å². The van der Waals surface area contributed by atoms with Crippen molar-refractivity contribution < 1.29 is 14.7 Å². The van der Waals surface area contributed by atoms with Crippen molar-refractivity contribution in [2.24, 2.45) is 5.10 Å². The number of nitrogens with zero attached hydrogens (tertiary/aromatic N) is 4. The molecule has 3 heterocycles. The van der Waals surface area contributed by atoms with Crippen LogP contribution in [0.25, 0.3) is 38.8 Å². The monoisotopic (exact) mass is 942 g/mol. The fourth-order valence-electron chi connectivity index (χ4n) is 11.7. The lowest BCUT2D eigenvalue weighted by Gasteiger charge is -2.35. The maximum absolute atomic E-state index is 13.6. The Morgan fingerprint density at radius 1 is 0.614 bits per heavy atom. The first-order valence-corrected chi connectivity index (χ1v) is 26.3. The molecule has 0 saturated carbocycles. The van der Waals surface area contributed by atoms with Crippen LogP contribution in [0.3, 0.4) is 0 Å². The number of unbranched alkanes of at least 4 members (excludes halogenated alkanes) is 4. The Bertz CT molecular complexity index is 3000. The smallest absolute Gasteiger partial charge is 0.357 e. The third-order valence-corrected chi connectivity index (χ3v) is 16.2. The third-order valence-electron chi connectivity index (χ3n) is 15.1. The second-order valence-corrected chi connectivity index (χ2v) is 20.5. The molecular weight excluding hydrogens is 881 g/mol.